The summed E-state index contributed by atoms with van der Waals surface area (Å²) in [5, 5.41) is 7.72. The maximum absolute atomic E-state index is 7.72. The van der Waals surface area contributed by atoms with Crippen LogP contribution in [0, 0.1) is 6.79 Å². The van der Waals surface area contributed by atoms with E-state index in [0.717, 1.165) is 0 Å². The molecule has 0 spiro atoms. The van der Waals surface area contributed by atoms with Crippen LogP contribution in [-0.2, 0) is 4.74 Å². The summed E-state index contributed by atoms with van der Waals surface area (Å²) in [6.45, 7) is 3.02. The molecule has 0 aromatic carbocycles. The second-order valence-corrected chi connectivity index (χ2v) is 0.561. The van der Waals surface area contributed by atoms with Gasteiger partial charge in [0.1, 0.15) is 0 Å². The molecule has 0 aliphatic heterocycles. The molecule has 1 radical (unpaired) electrons. The lowest BCUT2D eigenvalue weighted by Gasteiger charge is -1.84. The third-order valence-electron chi connectivity index (χ3n) is 0.241. The summed E-state index contributed by atoms with van der Waals surface area (Å²) in [7, 11) is 0. The Morgan fingerprint density at radius 1 is 2.00 bits per heavy atom. The average molecular weight is 75.1 g/mol. The SMILES string of the molecule is CCO[CH]O. The molecule has 0 amide bonds. The van der Waals surface area contributed by atoms with Gasteiger partial charge in [-0.3, -0.25) is 0 Å². The Labute approximate surface area is 31.4 Å². The van der Waals surface area contributed by atoms with Crippen molar-refractivity contribution in [3.63, 3.8) is 0 Å². The smallest absolute Gasteiger partial charge is 0.206 e. The number of aliphatic hydroxyl groups excluding tert-OH is 1. The first-order chi connectivity index (χ1) is 2.41. The lowest BCUT2D eigenvalue weighted by molar-refractivity contribution is 0.0869. The van der Waals surface area contributed by atoms with Crippen LogP contribution in [0.25, 0.3) is 0 Å². The van der Waals surface area contributed by atoms with Crippen molar-refractivity contribution < 1.29 is 9.84 Å². The van der Waals surface area contributed by atoms with Crippen molar-refractivity contribution in [3.8, 4) is 0 Å². The third kappa shape index (κ3) is 3.92. The minimum atomic E-state index is 0.538. The van der Waals surface area contributed by atoms with Crippen molar-refractivity contribution in [2.45, 2.75) is 6.92 Å². The second kappa shape index (κ2) is 3.92. The number of hydrogen-bond acceptors (Lipinski definition) is 2. The largest absolute Gasteiger partial charge is 0.364 e. The molecular formula is C3H7O2. The molecule has 5 heavy (non-hydrogen) atoms. The summed E-state index contributed by atoms with van der Waals surface area (Å²) in [6.07, 6.45) is 0. The monoisotopic (exact) mass is 75.0 g/mol. The van der Waals surface area contributed by atoms with E-state index >= 15 is 0 Å². The Kier molecular flexibility index (Phi) is 3.86. The Morgan fingerprint density at radius 3 is 2.60 bits per heavy atom. The first kappa shape index (κ1) is 4.92. The minimum Gasteiger partial charge on any atom is -0.364 e. The van der Waals surface area contributed by atoms with Crippen LogP contribution in [0.15, 0.2) is 0 Å². The molecule has 0 aliphatic rings. The van der Waals surface area contributed by atoms with Crippen LogP contribution < -0.4 is 0 Å². The Bertz CT molecular complexity index is 12.4. The lowest BCUT2D eigenvalue weighted by atomic mass is 10.9. The van der Waals surface area contributed by atoms with Crippen LogP contribution in [0.3, 0.4) is 0 Å². The van der Waals surface area contributed by atoms with E-state index in [1.807, 2.05) is 0 Å². The van der Waals surface area contributed by atoms with Crippen molar-refractivity contribution in [2.24, 2.45) is 0 Å². The molecular weight excluding hydrogens is 68.0 g/mol. The molecule has 0 atom stereocenters. The normalized spacial score (nSPS) is 8.40. The van der Waals surface area contributed by atoms with E-state index in [1.54, 1.807) is 6.92 Å². The molecule has 0 heterocycles. The van der Waals surface area contributed by atoms with E-state index in [-0.39, 0.29) is 0 Å². The van der Waals surface area contributed by atoms with Gasteiger partial charge in [-0.05, 0) is 6.92 Å². The fourth-order valence-corrected chi connectivity index (χ4v) is 0.0745. The van der Waals surface area contributed by atoms with Crippen molar-refractivity contribution in [3.05, 3.63) is 6.79 Å². The zero-order valence-corrected chi connectivity index (χ0v) is 3.14. The van der Waals surface area contributed by atoms with E-state index in [4.69, 9.17) is 5.11 Å². The number of aliphatic hydroxyl groups is 1. The van der Waals surface area contributed by atoms with E-state index in [9.17, 15) is 0 Å². The van der Waals surface area contributed by atoms with Crippen LogP contribution in [0.2, 0.25) is 0 Å². The second-order valence-electron chi connectivity index (χ2n) is 0.561. The third-order valence-corrected chi connectivity index (χ3v) is 0.241. The van der Waals surface area contributed by atoms with Gasteiger partial charge in [-0.25, -0.2) is 0 Å². The molecule has 0 saturated heterocycles. The summed E-state index contributed by atoms with van der Waals surface area (Å²) in [5.41, 5.74) is 0. The van der Waals surface area contributed by atoms with Gasteiger partial charge >= 0.3 is 0 Å². The van der Waals surface area contributed by atoms with E-state index in [2.05, 4.69) is 4.74 Å². The maximum atomic E-state index is 7.72. The van der Waals surface area contributed by atoms with Gasteiger partial charge in [0.25, 0.3) is 0 Å². The summed E-state index contributed by atoms with van der Waals surface area (Å²) in [6, 6.07) is 0. The summed E-state index contributed by atoms with van der Waals surface area (Å²) < 4.78 is 4.26. The molecule has 0 saturated carbocycles. The standard InChI is InChI=1S/C3H7O2/c1-2-5-3-4/h3-4H,2H2,1H3. The molecule has 0 rings (SSSR count). The van der Waals surface area contributed by atoms with Crippen LogP contribution in [0.1, 0.15) is 6.92 Å². The summed E-state index contributed by atoms with van der Waals surface area (Å²) >= 11 is 0. The van der Waals surface area contributed by atoms with Gasteiger partial charge in [-0.1, -0.05) is 0 Å². The van der Waals surface area contributed by atoms with Gasteiger partial charge in [0.2, 0.25) is 6.79 Å². The highest BCUT2D eigenvalue weighted by molar-refractivity contribution is 4.13. The zero-order valence-electron chi connectivity index (χ0n) is 3.14. The lowest BCUT2D eigenvalue weighted by Crippen LogP contribution is -1.80. The molecule has 31 valence electrons. The molecule has 0 aromatic heterocycles. The molecule has 0 bridgehead atoms. The van der Waals surface area contributed by atoms with Gasteiger partial charge in [-0.15, -0.1) is 0 Å². The Hall–Kier alpha value is -0.0800. The highest BCUT2D eigenvalue weighted by Crippen LogP contribution is 1.68. The van der Waals surface area contributed by atoms with Crippen molar-refractivity contribution in [1.29, 1.82) is 0 Å². The first-order valence-corrected chi connectivity index (χ1v) is 1.49. The number of ether oxygens (including phenoxy) is 1. The minimum absolute atomic E-state index is 0.538. The molecule has 0 aliphatic carbocycles. The van der Waals surface area contributed by atoms with Crippen molar-refractivity contribution in [1.82, 2.24) is 0 Å². The van der Waals surface area contributed by atoms with Gasteiger partial charge in [-0.2, -0.15) is 0 Å². The van der Waals surface area contributed by atoms with Gasteiger partial charge in [0.05, 0.1) is 0 Å². The highest BCUT2D eigenvalue weighted by Gasteiger charge is 1.66. The van der Waals surface area contributed by atoms with Crippen molar-refractivity contribution in [2.75, 3.05) is 6.61 Å². The molecule has 1 N–H and O–H groups in total. The van der Waals surface area contributed by atoms with Gasteiger partial charge in [0.15, 0.2) is 0 Å². The molecule has 2 nitrogen and oxygen atoms in total. The fourth-order valence-electron chi connectivity index (χ4n) is 0.0745. The number of rotatable bonds is 2. The summed E-state index contributed by atoms with van der Waals surface area (Å²) in [4.78, 5) is 0. The Balaban J connectivity index is 2.19. The van der Waals surface area contributed by atoms with Gasteiger partial charge in [0, 0.05) is 6.61 Å². The quantitative estimate of drug-likeness (QED) is 0.518. The maximum Gasteiger partial charge on any atom is 0.206 e. The molecule has 0 aromatic rings. The van der Waals surface area contributed by atoms with Gasteiger partial charge < -0.3 is 9.84 Å². The fraction of sp³-hybridized carbons (Fsp3) is 0.667. The zero-order chi connectivity index (χ0) is 4.12. The molecule has 2 heteroatoms. The molecule has 0 fully saturated rings. The summed E-state index contributed by atoms with van der Waals surface area (Å²) in [5.74, 6) is 0. The Morgan fingerprint density at radius 2 is 2.60 bits per heavy atom. The topological polar surface area (TPSA) is 29.5 Å². The van der Waals surface area contributed by atoms with Crippen LogP contribution in [-0.4, -0.2) is 11.7 Å². The number of hydrogen-bond donors (Lipinski definition) is 1. The average Bonchev–Trinajstić information content (AvgIpc) is 1.41. The predicted octanol–water partition coefficient (Wildman–Crippen LogP) is 0.515. The predicted molar refractivity (Wildman–Crippen MR) is 17.9 cm³/mol. The van der Waals surface area contributed by atoms with Crippen LogP contribution >= 0.6 is 0 Å². The van der Waals surface area contributed by atoms with Crippen LogP contribution in [0.4, 0.5) is 0 Å². The van der Waals surface area contributed by atoms with E-state index in [1.165, 1.54) is 0 Å². The van der Waals surface area contributed by atoms with Crippen LogP contribution in [0.5, 0.6) is 0 Å². The highest BCUT2D eigenvalue weighted by atomic mass is 16.6. The van der Waals surface area contributed by atoms with E-state index in [0.29, 0.717) is 13.4 Å². The van der Waals surface area contributed by atoms with Crippen molar-refractivity contribution >= 4 is 0 Å². The first-order valence-electron chi connectivity index (χ1n) is 1.49. The molecule has 0 unspecified atom stereocenters. The van der Waals surface area contributed by atoms with E-state index < -0.39 is 0 Å².